The Morgan fingerprint density at radius 2 is 1.98 bits per heavy atom. The Labute approximate surface area is 239 Å². The number of rotatable bonds is 7. The molecule has 1 saturated heterocycles. The van der Waals surface area contributed by atoms with Crippen LogP contribution in [0.2, 0.25) is 5.02 Å². The summed E-state index contributed by atoms with van der Waals surface area (Å²) in [7, 11) is 0. The van der Waals surface area contributed by atoms with Gasteiger partial charge in [0.05, 0.1) is 48.6 Å². The second-order valence-electron chi connectivity index (χ2n) is 11.0. The number of nitriles is 2. The summed E-state index contributed by atoms with van der Waals surface area (Å²) < 4.78 is 17.2. The van der Waals surface area contributed by atoms with Crippen molar-refractivity contribution in [2.75, 3.05) is 23.8 Å². The highest BCUT2D eigenvalue weighted by Gasteiger charge is 2.34. The quantitative estimate of drug-likeness (QED) is 0.286. The summed E-state index contributed by atoms with van der Waals surface area (Å²) in [6.07, 6.45) is 6.10. The van der Waals surface area contributed by atoms with Crippen molar-refractivity contribution < 1.29 is 6.11 Å². The zero-order valence-electron chi connectivity index (χ0n) is 23.3. The molecule has 202 valence electrons. The van der Waals surface area contributed by atoms with Crippen molar-refractivity contribution in [3.8, 4) is 12.1 Å². The first-order valence-corrected chi connectivity index (χ1v) is 13.7. The molecule has 2 aliphatic rings. The molecule has 1 saturated carbocycles. The summed E-state index contributed by atoms with van der Waals surface area (Å²) in [4.78, 5) is 4.48. The van der Waals surface area contributed by atoms with Gasteiger partial charge in [0.1, 0.15) is 17.8 Å². The molecule has 6 rings (SSSR count). The predicted octanol–water partition coefficient (Wildman–Crippen LogP) is 5.99. The summed E-state index contributed by atoms with van der Waals surface area (Å²) >= 11 is 6.63. The maximum absolute atomic E-state index is 10.1. The SMILES string of the molecule is [2H][C@@](Nc1cc(C#N)c2ncc(C#N)c(NC3CCOCC3(C)C)c2c1)(c1cn(C2CC2)nn1)c1ccccc1Cl. The van der Waals surface area contributed by atoms with Crippen LogP contribution in [-0.2, 0) is 4.74 Å². The van der Waals surface area contributed by atoms with E-state index in [0.29, 0.717) is 62.9 Å². The molecule has 0 spiro atoms. The molecule has 1 aliphatic carbocycles. The summed E-state index contributed by atoms with van der Waals surface area (Å²) in [5.74, 6) is 0. The zero-order chi connectivity index (χ0) is 28.8. The fraction of sp³-hybridized carbons (Fsp3) is 0.367. The molecule has 1 unspecified atom stereocenters. The number of halogens is 1. The molecule has 0 bridgehead atoms. The number of nitrogens with one attached hydrogen (secondary N) is 2. The van der Waals surface area contributed by atoms with Gasteiger partial charge in [0.25, 0.3) is 0 Å². The maximum atomic E-state index is 10.1. The molecule has 4 aromatic rings. The van der Waals surface area contributed by atoms with E-state index < -0.39 is 6.02 Å². The molecule has 10 heteroatoms. The minimum absolute atomic E-state index is 0.0342. The van der Waals surface area contributed by atoms with E-state index in [9.17, 15) is 11.9 Å². The van der Waals surface area contributed by atoms with Crippen LogP contribution in [0.5, 0.6) is 0 Å². The van der Waals surface area contributed by atoms with Gasteiger partial charge in [-0.1, -0.05) is 48.9 Å². The first kappa shape index (κ1) is 24.8. The van der Waals surface area contributed by atoms with Crippen LogP contribution in [0.1, 0.15) is 68.9 Å². The summed E-state index contributed by atoms with van der Waals surface area (Å²) in [5, 5.41) is 36.7. The first-order chi connectivity index (χ1) is 19.7. The van der Waals surface area contributed by atoms with Gasteiger partial charge >= 0.3 is 0 Å². The van der Waals surface area contributed by atoms with Crippen LogP contribution in [0.25, 0.3) is 10.9 Å². The number of hydrogen-bond donors (Lipinski definition) is 2. The monoisotopic (exact) mass is 553 g/mol. The van der Waals surface area contributed by atoms with E-state index in [-0.39, 0.29) is 17.5 Å². The van der Waals surface area contributed by atoms with E-state index in [4.69, 9.17) is 16.3 Å². The number of hydrogen-bond acceptors (Lipinski definition) is 8. The third kappa shape index (κ3) is 4.95. The Morgan fingerprint density at radius 1 is 1.18 bits per heavy atom. The molecular weight excluding hydrogens is 524 g/mol. The zero-order valence-corrected chi connectivity index (χ0v) is 23.0. The summed E-state index contributed by atoms with van der Waals surface area (Å²) in [5.41, 5.74) is 2.93. The van der Waals surface area contributed by atoms with Crippen molar-refractivity contribution in [2.45, 2.75) is 51.2 Å². The van der Waals surface area contributed by atoms with Gasteiger partial charge in [0, 0.05) is 40.4 Å². The van der Waals surface area contributed by atoms with Crippen molar-refractivity contribution in [1.29, 1.82) is 10.5 Å². The predicted molar refractivity (Wildman–Crippen MR) is 153 cm³/mol. The average molecular weight is 554 g/mol. The minimum Gasteiger partial charge on any atom is -0.381 e. The Kier molecular flexibility index (Phi) is 6.47. The van der Waals surface area contributed by atoms with Crippen LogP contribution in [0.3, 0.4) is 0 Å². The van der Waals surface area contributed by atoms with E-state index >= 15 is 0 Å². The van der Waals surface area contributed by atoms with Crippen LogP contribution in [0, 0.1) is 28.1 Å². The van der Waals surface area contributed by atoms with Crippen LogP contribution in [0.15, 0.2) is 48.8 Å². The van der Waals surface area contributed by atoms with Crippen molar-refractivity contribution in [3.05, 3.63) is 76.2 Å². The summed E-state index contributed by atoms with van der Waals surface area (Å²) in [6, 6.07) is 13.8. The maximum Gasteiger partial charge on any atom is 0.110 e. The highest BCUT2D eigenvalue weighted by molar-refractivity contribution is 6.31. The number of ether oxygens (including phenoxy) is 1. The summed E-state index contributed by atoms with van der Waals surface area (Å²) in [6.45, 7) is 5.45. The molecule has 2 aromatic carbocycles. The fourth-order valence-corrected chi connectivity index (χ4v) is 5.39. The van der Waals surface area contributed by atoms with Crippen LogP contribution < -0.4 is 10.6 Å². The van der Waals surface area contributed by atoms with Gasteiger partial charge in [0.15, 0.2) is 0 Å². The van der Waals surface area contributed by atoms with E-state index in [1.54, 1.807) is 29.1 Å². The van der Waals surface area contributed by atoms with E-state index in [0.717, 1.165) is 19.3 Å². The lowest BCUT2D eigenvalue weighted by Gasteiger charge is -2.39. The fourth-order valence-electron chi connectivity index (χ4n) is 5.16. The first-order valence-electron chi connectivity index (χ1n) is 13.8. The number of fused-ring (bicyclic) bond motifs is 1. The number of aromatic nitrogens is 4. The normalized spacial score (nSPS) is 20.1. The molecule has 2 atom stereocenters. The highest BCUT2D eigenvalue weighted by atomic mass is 35.5. The van der Waals surface area contributed by atoms with Gasteiger partial charge in [-0.05, 0) is 43.0 Å². The lowest BCUT2D eigenvalue weighted by atomic mass is 9.81. The van der Waals surface area contributed by atoms with Crippen molar-refractivity contribution in [1.82, 2.24) is 20.0 Å². The molecule has 40 heavy (non-hydrogen) atoms. The number of pyridine rings is 1. The van der Waals surface area contributed by atoms with Crippen LogP contribution >= 0.6 is 11.6 Å². The molecular formula is C30H29ClN8O. The molecule has 9 nitrogen and oxygen atoms in total. The third-order valence-electron chi connectivity index (χ3n) is 7.60. The van der Waals surface area contributed by atoms with Crippen LogP contribution in [-0.4, -0.2) is 39.2 Å². The van der Waals surface area contributed by atoms with Gasteiger partial charge in [-0.15, -0.1) is 5.10 Å². The van der Waals surface area contributed by atoms with Crippen molar-refractivity contribution >= 4 is 33.9 Å². The second kappa shape index (κ2) is 10.4. The molecule has 0 amide bonds. The van der Waals surface area contributed by atoms with Crippen molar-refractivity contribution in [2.24, 2.45) is 5.41 Å². The standard InChI is InChI=1S/C30H29ClN8O/c1-30(2)17-40-10-9-26(30)36-28-19(14-33)15-34-27-18(13-32)11-20(12-23(27)28)35-29(22-5-3-4-6-24(22)31)25-16-39(38-37-25)21-7-8-21/h3-6,11-12,15-16,21,26,29,35H,7-10,17H2,1-2H3,(H,34,36)/t26?,29-/m0/s1/i29D. The van der Waals surface area contributed by atoms with Gasteiger partial charge in [0.2, 0.25) is 0 Å². The van der Waals surface area contributed by atoms with Gasteiger partial charge in [-0.3, -0.25) is 4.98 Å². The number of benzene rings is 2. The average Bonchev–Trinajstić information content (AvgIpc) is 3.69. The molecule has 1 aliphatic heterocycles. The molecule has 2 N–H and O–H groups in total. The molecule has 2 fully saturated rings. The Morgan fingerprint density at radius 3 is 2.70 bits per heavy atom. The van der Waals surface area contributed by atoms with Crippen molar-refractivity contribution in [3.63, 3.8) is 0 Å². The Hall–Kier alpha value is -4.18. The molecule has 2 aromatic heterocycles. The highest BCUT2D eigenvalue weighted by Crippen LogP contribution is 2.39. The van der Waals surface area contributed by atoms with Gasteiger partial charge in [-0.25, -0.2) is 4.68 Å². The minimum atomic E-state index is -1.62. The van der Waals surface area contributed by atoms with E-state index in [1.165, 1.54) is 6.20 Å². The second-order valence-corrected chi connectivity index (χ2v) is 11.4. The lowest BCUT2D eigenvalue weighted by molar-refractivity contribution is 0.00350. The lowest BCUT2D eigenvalue weighted by Crippen LogP contribution is -2.44. The molecule has 3 heterocycles. The van der Waals surface area contributed by atoms with E-state index in [1.807, 2.05) is 18.2 Å². The third-order valence-corrected chi connectivity index (χ3v) is 7.93. The molecule has 0 radical (unpaired) electrons. The Bertz CT molecular complexity index is 1720. The Balaban J connectivity index is 1.49. The van der Waals surface area contributed by atoms with Gasteiger partial charge in [-0.2, -0.15) is 10.5 Å². The number of anilines is 2. The number of nitrogens with zero attached hydrogens (tertiary/aromatic N) is 6. The van der Waals surface area contributed by atoms with E-state index in [2.05, 4.69) is 51.9 Å². The van der Waals surface area contributed by atoms with Gasteiger partial charge < -0.3 is 15.4 Å². The largest absolute Gasteiger partial charge is 0.381 e. The topological polar surface area (TPSA) is 124 Å². The van der Waals surface area contributed by atoms with Crippen LogP contribution in [0.4, 0.5) is 11.4 Å². The smallest absolute Gasteiger partial charge is 0.110 e.